The van der Waals surface area contributed by atoms with E-state index in [0.29, 0.717) is 0 Å². The van der Waals surface area contributed by atoms with Gasteiger partial charge in [0.05, 0.1) is 6.10 Å². The Morgan fingerprint density at radius 2 is 1.71 bits per heavy atom. The molecule has 1 heterocycles. The first-order valence-corrected chi connectivity index (χ1v) is 9.91. The maximum atomic E-state index is 13.5. The van der Waals surface area contributed by atoms with Crippen LogP contribution in [-0.2, 0) is 9.59 Å². The fourth-order valence-electron chi connectivity index (χ4n) is 3.68. The smallest absolute Gasteiger partial charge is 0.374 e. The van der Waals surface area contributed by atoms with Gasteiger partial charge in [-0.2, -0.15) is 0 Å². The average Bonchev–Trinajstić information content (AvgIpc) is 3.06. The highest BCUT2D eigenvalue weighted by molar-refractivity contribution is 6.34. The van der Waals surface area contributed by atoms with Gasteiger partial charge in [0.15, 0.2) is 0 Å². The predicted octanol–water partition coefficient (Wildman–Crippen LogP) is 3.81. The molecule has 0 bridgehead atoms. The van der Waals surface area contributed by atoms with Crippen molar-refractivity contribution in [3.8, 4) is 11.1 Å². The zero-order chi connectivity index (χ0) is 22.7. The lowest BCUT2D eigenvalue weighted by molar-refractivity contribution is -0.153. The molecule has 0 spiro atoms. The number of hydrogen-bond donors (Lipinski definition) is 3. The van der Waals surface area contributed by atoms with Crippen molar-refractivity contribution in [2.75, 3.05) is 0 Å². The van der Waals surface area contributed by atoms with Gasteiger partial charge < -0.3 is 19.9 Å². The Hall–Kier alpha value is -3.29. The molecule has 0 saturated carbocycles. The van der Waals surface area contributed by atoms with E-state index in [2.05, 4.69) is 4.57 Å². The third-order valence-electron chi connectivity index (χ3n) is 5.05. The number of aliphatic hydroxyl groups excluding tert-OH is 2. The number of carboxylic acids is 1. The maximum Gasteiger partial charge on any atom is 0.374 e. The Morgan fingerprint density at radius 3 is 2.32 bits per heavy atom. The van der Waals surface area contributed by atoms with Crippen molar-refractivity contribution in [1.82, 2.24) is 4.57 Å². The molecule has 162 valence electrons. The Balaban J connectivity index is 2.08. The van der Waals surface area contributed by atoms with Crippen LogP contribution in [0.4, 0.5) is 4.39 Å². The number of carbonyl (C=O) groups excluding carboxylic acids is 1. The summed E-state index contributed by atoms with van der Waals surface area (Å²) in [5.41, 5.74) is 3.38. The molecule has 2 atom stereocenters. The lowest BCUT2D eigenvalue weighted by Gasteiger charge is -2.15. The number of fused-ring (bicyclic) bond motifs is 1. The summed E-state index contributed by atoms with van der Waals surface area (Å²) in [5.74, 6) is -3.46. The molecule has 2 aromatic carbocycles. The molecule has 0 saturated heterocycles. The fourth-order valence-corrected chi connectivity index (χ4v) is 3.68. The predicted molar refractivity (Wildman–Crippen MR) is 116 cm³/mol. The second-order valence-corrected chi connectivity index (χ2v) is 7.60. The van der Waals surface area contributed by atoms with E-state index in [4.69, 9.17) is 5.11 Å². The lowest BCUT2D eigenvalue weighted by Crippen LogP contribution is -2.31. The summed E-state index contributed by atoms with van der Waals surface area (Å²) < 4.78 is 15.6. The molecule has 7 heteroatoms. The number of para-hydroxylation sites is 1. The fraction of sp³-hybridized carbons (Fsp3) is 0.250. The minimum Gasteiger partial charge on any atom is -0.475 e. The highest BCUT2D eigenvalue weighted by atomic mass is 19.1. The van der Waals surface area contributed by atoms with Crippen molar-refractivity contribution in [1.29, 1.82) is 0 Å². The van der Waals surface area contributed by atoms with Crippen LogP contribution >= 0.6 is 0 Å². The van der Waals surface area contributed by atoms with Crippen LogP contribution in [-0.4, -0.2) is 43.8 Å². The van der Waals surface area contributed by atoms with Crippen molar-refractivity contribution in [3.05, 3.63) is 66.1 Å². The molecule has 1 aromatic heterocycles. The summed E-state index contributed by atoms with van der Waals surface area (Å²) in [6.07, 6.45) is -0.377. The molecule has 31 heavy (non-hydrogen) atoms. The third kappa shape index (κ3) is 4.73. The highest BCUT2D eigenvalue weighted by Crippen LogP contribution is 2.38. The Labute approximate surface area is 178 Å². The topological polar surface area (TPSA) is 99.8 Å². The summed E-state index contributed by atoms with van der Waals surface area (Å²) in [4.78, 5) is 22.1. The highest BCUT2D eigenvalue weighted by Gasteiger charge is 2.24. The number of aromatic nitrogens is 1. The monoisotopic (exact) mass is 425 g/mol. The van der Waals surface area contributed by atoms with Gasteiger partial charge in [-0.15, -0.1) is 0 Å². The average molecular weight is 425 g/mol. The summed E-state index contributed by atoms with van der Waals surface area (Å²) in [7, 11) is 0. The zero-order valence-electron chi connectivity index (χ0n) is 17.2. The number of benzene rings is 2. The van der Waals surface area contributed by atoms with Gasteiger partial charge in [0.25, 0.3) is 5.78 Å². The number of aliphatic carboxylic acids is 1. The number of halogens is 1. The van der Waals surface area contributed by atoms with E-state index < -0.39 is 30.4 Å². The number of carbonyl (C=O) groups is 2. The van der Waals surface area contributed by atoms with E-state index in [1.165, 1.54) is 18.2 Å². The van der Waals surface area contributed by atoms with E-state index >= 15 is 0 Å². The van der Waals surface area contributed by atoms with Gasteiger partial charge in [-0.05, 0) is 43.7 Å². The molecule has 6 nitrogen and oxygen atoms in total. The number of rotatable bonds is 8. The first kappa shape index (κ1) is 22.4. The Morgan fingerprint density at radius 1 is 1.06 bits per heavy atom. The van der Waals surface area contributed by atoms with Crippen LogP contribution in [0.15, 0.2) is 54.6 Å². The molecule has 0 fully saturated rings. The zero-order valence-corrected chi connectivity index (χ0v) is 17.2. The van der Waals surface area contributed by atoms with Crippen LogP contribution in [0.1, 0.15) is 32.0 Å². The second-order valence-electron chi connectivity index (χ2n) is 7.60. The van der Waals surface area contributed by atoms with Gasteiger partial charge in [-0.1, -0.05) is 36.4 Å². The van der Waals surface area contributed by atoms with Crippen molar-refractivity contribution < 1.29 is 29.3 Å². The van der Waals surface area contributed by atoms with E-state index in [0.717, 1.165) is 27.7 Å². The normalized spacial score (nSPS) is 13.7. The Bertz CT molecular complexity index is 1130. The van der Waals surface area contributed by atoms with E-state index in [1.807, 2.05) is 38.1 Å². The minimum absolute atomic E-state index is 0.0649. The molecular formula is C24H24FNO5. The number of carboxylic acid groups (broad SMARTS) is 1. The molecular weight excluding hydrogens is 401 g/mol. The SMILES string of the molecule is CC(C)n1c(/C=C/[C@@H](O)C[C@@H](O)C(=O)C(=O)O)c(-c2ccc(F)cc2)c2ccccc21. The molecule has 0 aliphatic rings. The lowest BCUT2D eigenvalue weighted by atomic mass is 10.0. The maximum absolute atomic E-state index is 13.5. The first-order valence-electron chi connectivity index (χ1n) is 9.91. The van der Waals surface area contributed by atoms with E-state index in [-0.39, 0.29) is 11.9 Å². The number of aliphatic hydroxyl groups is 2. The van der Waals surface area contributed by atoms with Crippen LogP contribution in [0.3, 0.4) is 0 Å². The minimum atomic E-state index is -1.80. The largest absolute Gasteiger partial charge is 0.475 e. The molecule has 0 amide bonds. The van der Waals surface area contributed by atoms with Gasteiger partial charge in [0.2, 0.25) is 0 Å². The molecule has 0 aliphatic heterocycles. The summed E-state index contributed by atoms with van der Waals surface area (Å²) >= 11 is 0. The Kier molecular flexibility index (Phi) is 6.68. The van der Waals surface area contributed by atoms with Crippen molar-refractivity contribution >= 4 is 28.7 Å². The number of hydrogen-bond acceptors (Lipinski definition) is 4. The summed E-state index contributed by atoms with van der Waals surface area (Å²) in [6.45, 7) is 4.04. The van der Waals surface area contributed by atoms with Gasteiger partial charge in [-0.25, -0.2) is 9.18 Å². The third-order valence-corrected chi connectivity index (χ3v) is 5.05. The number of nitrogens with zero attached hydrogens (tertiary/aromatic N) is 1. The van der Waals surface area contributed by atoms with Crippen LogP contribution in [0.2, 0.25) is 0 Å². The summed E-state index contributed by atoms with van der Waals surface area (Å²) in [6, 6.07) is 14.0. The molecule has 0 aliphatic carbocycles. The quantitative estimate of drug-likeness (QED) is 0.477. The van der Waals surface area contributed by atoms with Crippen LogP contribution in [0.25, 0.3) is 28.1 Å². The molecule has 0 radical (unpaired) electrons. The van der Waals surface area contributed by atoms with Crippen molar-refractivity contribution in [2.45, 2.75) is 38.5 Å². The van der Waals surface area contributed by atoms with Gasteiger partial charge in [-0.3, -0.25) is 4.79 Å². The molecule has 3 rings (SSSR count). The van der Waals surface area contributed by atoms with Crippen LogP contribution < -0.4 is 0 Å². The summed E-state index contributed by atoms with van der Waals surface area (Å²) in [5, 5.41) is 29.6. The number of Topliss-reactive ketones (excluding diaryl/α,β-unsaturated/α-hetero) is 1. The first-order chi connectivity index (χ1) is 14.7. The van der Waals surface area contributed by atoms with Crippen molar-refractivity contribution in [3.63, 3.8) is 0 Å². The van der Waals surface area contributed by atoms with E-state index in [9.17, 15) is 24.2 Å². The molecule has 0 unspecified atom stereocenters. The molecule has 3 aromatic rings. The molecule has 3 N–H and O–H groups in total. The second kappa shape index (κ2) is 9.24. The van der Waals surface area contributed by atoms with Gasteiger partial charge in [0.1, 0.15) is 11.9 Å². The number of ketones is 1. The van der Waals surface area contributed by atoms with Crippen LogP contribution in [0.5, 0.6) is 0 Å². The van der Waals surface area contributed by atoms with Crippen LogP contribution in [0, 0.1) is 5.82 Å². The standard InChI is InChI=1S/C24H24FNO5/c1-14(2)26-19-6-4-3-5-18(19)22(15-7-9-16(25)10-8-15)20(26)12-11-17(27)13-21(28)23(29)24(30)31/h3-12,14,17,21,27-28H,13H2,1-2H3,(H,30,31)/b12-11+/t17-,21-/m1/s1. The van der Waals surface area contributed by atoms with Gasteiger partial charge in [0, 0.05) is 34.6 Å². The van der Waals surface area contributed by atoms with Gasteiger partial charge >= 0.3 is 5.97 Å². The van der Waals surface area contributed by atoms with E-state index in [1.54, 1.807) is 18.2 Å². The van der Waals surface area contributed by atoms with Crippen molar-refractivity contribution in [2.24, 2.45) is 0 Å².